The molecule has 0 radical (unpaired) electrons. The normalized spacial score (nSPS) is 11.1. The van der Waals surface area contributed by atoms with E-state index in [1.54, 1.807) is 0 Å². The van der Waals surface area contributed by atoms with E-state index in [1.807, 2.05) is 23.9 Å². The Kier molecular flexibility index (Phi) is 6.48. The summed E-state index contributed by atoms with van der Waals surface area (Å²) in [5.41, 5.74) is 2.43. The second-order valence-electron chi connectivity index (χ2n) is 6.34. The third-order valence-corrected chi connectivity index (χ3v) is 4.64. The van der Waals surface area contributed by atoms with E-state index in [0.717, 1.165) is 18.0 Å². The van der Waals surface area contributed by atoms with Crippen molar-refractivity contribution in [2.75, 3.05) is 17.6 Å². The van der Waals surface area contributed by atoms with Gasteiger partial charge < -0.3 is 10.6 Å². The van der Waals surface area contributed by atoms with Gasteiger partial charge in [-0.1, -0.05) is 57.2 Å². The molecule has 122 valence electrons. The van der Waals surface area contributed by atoms with Crippen molar-refractivity contribution in [3.63, 3.8) is 0 Å². The van der Waals surface area contributed by atoms with Crippen LogP contribution < -0.4 is 10.6 Å². The van der Waals surface area contributed by atoms with Gasteiger partial charge in [0, 0.05) is 22.9 Å². The van der Waals surface area contributed by atoms with Crippen molar-refractivity contribution >= 4 is 34.8 Å². The third-order valence-electron chi connectivity index (χ3n) is 3.38. The summed E-state index contributed by atoms with van der Waals surface area (Å²) in [5, 5.41) is 7.28. The van der Waals surface area contributed by atoms with E-state index >= 15 is 0 Å². The minimum atomic E-state index is 0.0857. The van der Waals surface area contributed by atoms with Crippen molar-refractivity contribution in [1.82, 2.24) is 5.32 Å². The molecule has 2 N–H and O–H groups in total. The molecule has 0 saturated carbocycles. The van der Waals surface area contributed by atoms with Gasteiger partial charge >= 0.3 is 0 Å². The average Bonchev–Trinajstić information content (AvgIpc) is 2.52. The molecule has 0 aliphatic carbocycles. The smallest absolute Gasteiger partial charge is 0.170 e. The fraction of sp³-hybridized carbons (Fsp3) is 0.316. The second kappa shape index (κ2) is 8.37. The number of thiocarbonyl (C=S) groups is 1. The zero-order valence-corrected chi connectivity index (χ0v) is 15.6. The standard InChI is InChI=1S/C19H24N2S2/c1-19(2,3)16-11-7-8-12-17(16)21-18(22)20-13-14-23-15-9-5-4-6-10-15/h4-12H,13-14H2,1-3H3,(H2,20,21,22). The van der Waals surface area contributed by atoms with Crippen LogP contribution in [0.3, 0.4) is 0 Å². The van der Waals surface area contributed by atoms with Crippen LogP contribution in [0.15, 0.2) is 59.5 Å². The first-order chi connectivity index (χ1) is 11.0. The molecule has 0 amide bonds. The summed E-state index contributed by atoms with van der Waals surface area (Å²) in [4.78, 5) is 1.28. The highest BCUT2D eigenvalue weighted by Gasteiger charge is 2.17. The summed E-state index contributed by atoms with van der Waals surface area (Å²) in [6.07, 6.45) is 0. The summed E-state index contributed by atoms with van der Waals surface area (Å²) < 4.78 is 0. The lowest BCUT2D eigenvalue weighted by Gasteiger charge is -2.23. The number of hydrogen-bond donors (Lipinski definition) is 2. The van der Waals surface area contributed by atoms with Gasteiger partial charge in [0.1, 0.15) is 0 Å². The molecule has 2 rings (SSSR count). The number of rotatable bonds is 5. The molecular formula is C19H24N2S2. The Morgan fingerprint density at radius 1 is 1.00 bits per heavy atom. The molecule has 0 aromatic heterocycles. The van der Waals surface area contributed by atoms with Gasteiger partial charge in [0.15, 0.2) is 5.11 Å². The Balaban J connectivity index is 1.81. The van der Waals surface area contributed by atoms with Crippen LogP contribution in [-0.2, 0) is 5.41 Å². The molecule has 2 nitrogen and oxygen atoms in total. The first kappa shape index (κ1) is 17.8. The van der Waals surface area contributed by atoms with E-state index in [2.05, 4.69) is 73.9 Å². The lowest BCUT2D eigenvalue weighted by molar-refractivity contribution is 0.592. The number of benzene rings is 2. The molecule has 2 aromatic rings. The van der Waals surface area contributed by atoms with E-state index < -0.39 is 0 Å². The molecular weight excluding hydrogens is 320 g/mol. The number of para-hydroxylation sites is 1. The SMILES string of the molecule is CC(C)(C)c1ccccc1NC(=S)NCCSc1ccccc1. The molecule has 0 aliphatic rings. The Morgan fingerprint density at radius 2 is 1.65 bits per heavy atom. The number of nitrogens with one attached hydrogen (secondary N) is 2. The largest absolute Gasteiger partial charge is 0.362 e. The van der Waals surface area contributed by atoms with Crippen LogP contribution in [0.1, 0.15) is 26.3 Å². The zero-order valence-electron chi connectivity index (χ0n) is 13.9. The van der Waals surface area contributed by atoms with Crippen LogP contribution in [-0.4, -0.2) is 17.4 Å². The number of hydrogen-bond acceptors (Lipinski definition) is 2. The Labute approximate surface area is 149 Å². The Morgan fingerprint density at radius 3 is 2.35 bits per heavy atom. The third kappa shape index (κ3) is 5.88. The van der Waals surface area contributed by atoms with Crippen LogP contribution in [0, 0.1) is 0 Å². The lowest BCUT2D eigenvalue weighted by atomic mass is 9.86. The number of anilines is 1. The molecule has 0 aliphatic heterocycles. The summed E-state index contributed by atoms with van der Waals surface area (Å²) >= 11 is 7.24. The molecule has 0 fully saturated rings. The van der Waals surface area contributed by atoms with E-state index in [9.17, 15) is 0 Å². The van der Waals surface area contributed by atoms with E-state index in [-0.39, 0.29) is 5.41 Å². The van der Waals surface area contributed by atoms with Crippen molar-refractivity contribution in [2.24, 2.45) is 0 Å². The van der Waals surface area contributed by atoms with Gasteiger partial charge in [0.05, 0.1) is 0 Å². The van der Waals surface area contributed by atoms with Gasteiger partial charge in [-0.2, -0.15) is 0 Å². The monoisotopic (exact) mass is 344 g/mol. The highest BCUT2D eigenvalue weighted by atomic mass is 32.2. The van der Waals surface area contributed by atoms with E-state index in [4.69, 9.17) is 12.2 Å². The highest BCUT2D eigenvalue weighted by molar-refractivity contribution is 7.99. The first-order valence-electron chi connectivity index (χ1n) is 7.79. The summed E-state index contributed by atoms with van der Waals surface area (Å²) in [5.74, 6) is 0.979. The van der Waals surface area contributed by atoms with E-state index in [1.165, 1.54) is 10.5 Å². The highest BCUT2D eigenvalue weighted by Crippen LogP contribution is 2.29. The Bertz CT molecular complexity index is 633. The van der Waals surface area contributed by atoms with Crippen LogP contribution in [0.5, 0.6) is 0 Å². The Hall–Kier alpha value is -1.52. The molecule has 0 bridgehead atoms. The molecule has 0 saturated heterocycles. The first-order valence-corrected chi connectivity index (χ1v) is 9.18. The maximum atomic E-state index is 5.42. The van der Waals surface area contributed by atoms with Crippen molar-refractivity contribution in [3.05, 3.63) is 60.2 Å². The van der Waals surface area contributed by atoms with Crippen molar-refractivity contribution in [3.8, 4) is 0 Å². The predicted molar refractivity (Wildman–Crippen MR) is 107 cm³/mol. The summed E-state index contributed by atoms with van der Waals surface area (Å²) in [7, 11) is 0. The topological polar surface area (TPSA) is 24.1 Å². The van der Waals surface area contributed by atoms with Gasteiger partial charge in [-0.15, -0.1) is 11.8 Å². The van der Waals surface area contributed by atoms with Gasteiger partial charge in [-0.05, 0) is 41.4 Å². The molecule has 2 aromatic carbocycles. The minimum Gasteiger partial charge on any atom is -0.362 e. The van der Waals surface area contributed by atoms with Gasteiger partial charge in [-0.3, -0.25) is 0 Å². The van der Waals surface area contributed by atoms with Crippen LogP contribution in [0.25, 0.3) is 0 Å². The van der Waals surface area contributed by atoms with Gasteiger partial charge in [0.25, 0.3) is 0 Å². The summed E-state index contributed by atoms with van der Waals surface area (Å²) in [6.45, 7) is 7.46. The van der Waals surface area contributed by atoms with Crippen LogP contribution in [0.2, 0.25) is 0 Å². The van der Waals surface area contributed by atoms with Crippen molar-refractivity contribution < 1.29 is 0 Å². The fourth-order valence-corrected chi connectivity index (χ4v) is 3.26. The minimum absolute atomic E-state index is 0.0857. The quantitative estimate of drug-likeness (QED) is 0.450. The maximum absolute atomic E-state index is 5.42. The molecule has 0 heterocycles. The fourth-order valence-electron chi connectivity index (χ4n) is 2.26. The second-order valence-corrected chi connectivity index (χ2v) is 7.91. The van der Waals surface area contributed by atoms with Gasteiger partial charge in [-0.25, -0.2) is 0 Å². The predicted octanol–water partition coefficient (Wildman–Crippen LogP) is 5.06. The van der Waals surface area contributed by atoms with E-state index in [0.29, 0.717) is 5.11 Å². The van der Waals surface area contributed by atoms with Crippen LogP contribution >= 0.6 is 24.0 Å². The summed E-state index contributed by atoms with van der Waals surface area (Å²) in [6, 6.07) is 18.7. The number of thioether (sulfide) groups is 1. The molecule has 4 heteroatoms. The lowest BCUT2D eigenvalue weighted by Crippen LogP contribution is -2.31. The molecule has 0 spiro atoms. The molecule has 23 heavy (non-hydrogen) atoms. The maximum Gasteiger partial charge on any atom is 0.170 e. The van der Waals surface area contributed by atoms with Crippen molar-refractivity contribution in [2.45, 2.75) is 31.1 Å². The molecule has 0 unspecified atom stereocenters. The van der Waals surface area contributed by atoms with Gasteiger partial charge in [0.2, 0.25) is 0 Å². The van der Waals surface area contributed by atoms with Crippen molar-refractivity contribution in [1.29, 1.82) is 0 Å². The van der Waals surface area contributed by atoms with Crippen LogP contribution in [0.4, 0.5) is 5.69 Å². The zero-order chi connectivity index (χ0) is 16.7. The molecule has 0 atom stereocenters. The average molecular weight is 345 g/mol.